The van der Waals surface area contributed by atoms with Gasteiger partial charge in [-0.25, -0.2) is 18.7 Å². The smallest absolute Gasteiger partial charge is 0.422 e. The number of halogens is 4. The molecule has 1 aliphatic carbocycles. The van der Waals surface area contributed by atoms with Gasteiger partial charge < -0.3 is 20.1 Å². The monoisotopic (exact) mass is 485 g/mol. The molecule has 0 saturated heterocycles. The average Bonchev–Trinajstić information content (AvgIpc) is 3.45. The van der Waals surface area contributed by atoms with Crippen LogP contribution in [0.4, 0.5) is 34.0 Å². The van der Waals surface area contributed by atoms with Gasteiger partial charge in [-0.2, -0.15) is 18.3 Å². The average molecular weight is 485 g/mol. The first-order chi connectivity index (χ1) is 16.1. The molecule has 1 amide bonds. The van der Waals surface area contributed by atoms with Crippen LogP contribution in [0.3, 0.4) is 0 Å². The summed E-state index contributed by atoms with van der Waals surface area (Å²) in [5, 5.41) is 16.4. The van der Waals surface area contributed by atoms with Gasteiger partial charge in [-0.3, -0.25) is 5.10 Å². The number of anilines is 2. The Morgan fingerprint density at radius 2 is 2.12 bits per heavy atom. The quantitative estimate of drug-likeness (QED) is 0.435. The molecule has 34 heavy (non-hydrogen) atoms. The molecule has 3 N–H and O–H groups in total. The predicted octanol–water partition coefficient (Wildman–Crippen LogP) is 3.86. The summed E-state index contributed by atoms with van der Waals surface area (Å²) in [6.07, 6.45) is -3.72. The lowest BCUT2D eigenvalue weighted by molar-refractivity contribution is -0.154. The highest BCUT2D eigenvalue weighted by Crippen LogP contribution is 2.38. The SMILES string of the molecule is CC(C)NC(=O)O[C@H]1CC[C@@H](c2cc(Nc3nccn4nc(OCC(F)(F)F)cc34)n[nH]2)[C@H]1F. The number of amides is 1. The van der Waals surface area contributed by atoms with Crippen LogP contribution in [0.5, 0.6) is 5.88 Å². The number of rotatable bonds is 7. The zero-order chi connectivity index (χ0) is 24.5. The van der Waals surface area contributed by atoms with E-state index in [2.05, 4.69) is 35.7 Å². The highest BCUT2D eigenvalue weighted by Gasteiger charge is 2.41. The van der Waals surface area contributed by atoms with Gasteiger partial charge in [0, 0.05) is 42.2 Å². The van der Waals surface area contributed by atoms with Crippen LogP contribution < -0.4 is 15.4 Å². The predicted molar refractivity (Wildman–Crippen MR) is 112 cm³/mol. The summed E-state index contributed by atoms with van der Waals surface area (Å²) in [5.74, 6) is -0.163. The lowest BCUT2D eigenvalue weighted by Crippen LogP contribution is -2.36. The second-order valence-corrected chi connectivity index (χ2v) is 8.20. The van der Waals surface area contributed by atoms with Gasteiger partial charge >= 0.3 is 12.3 Å². The minimum atomic E-state index is -4.49. The molecule has 14 heteroatoms. The van der Waals surface area contributed by atoms with Crippen LogP contribution in [0.25, 0.3) is 5.52 Å². The maximum Gasteiger partial charge on any atom is 0.422 e. The normalized spacial score (nSPS) is 20.6. The number of nitrogens with one attached hydrogen (secondary N) is 3. The molecule has 3 atom stereocenters. The summed E-state index contributed by atoms with van der Waals surface area (Å²) in [5.41, 5.74) is 0.873. The Labute approximate surface area is 191 Å². The second-order valence-electron chi connectivity index (χ2n) is 8.20. The Morgan fingerprint density at radius 1 is 1.32 bits per heavy atom. The fourth-order valence-electron chi connectivity index (χ4n) is 3.71. The van der Waals surface area contributed by atoms with E-state index in [1.165, 1.54) is 23.0 Å². The Balaban J connectivity index is 1.43. The molecule has 0 bridgehead atoms. The van der Waals surface area contributed by atoms with Gasteiger partial charge in [0.05, 0.1) is 0 Å². The molecular formula is C20H23F4N7O3. The molecule has 1 aliphatic rings. The van der Waals surface area contributed by atoms with Gasteiger partial charge in [0.1, 0.15) is 17.8 Å². The number of aromatic amines is 1. The van der Waals surface area contributed by atoms with Crippen LogP contribution in [0.2, 0.25) is 0 Å². The molecule has 0 spiro atoms. The molecule has 3 aromatic rings. The first-order valence-electron chi connectivity index (χ1n) is 10.6. The topological polar surface area (TPSA) is 118 Å². The minimum Gasteiger partial charge on any atom is -0.467 e. The summed E-state index contributed by atoms with van der Waals surface area (Å²) >= 11 is 0. The highest BCUT2D eigenvalue weighted by molar-refractivity contribution is 5.72. The maximum atomic E-state index is 14.9. The number of ether oxygens (including phenoxy) is 2. The number of fused-ring (bicyclic) bond motifs is 1. The Bertz CT molecular complexity index is 1150. The molecule has 1 saturated carbocycles. The molecule has 1 fully saturated rings. The van der Waals surface area contributed by atoms with Gasteiger partial charge in [-0.05, 0) is 26.7 Å². The van der Waals surface area contributed by atoms with Crippen molar-refractivity contribution in [3.05, 3.63) is 30.2 Å². The molecule has 184 valence electrons. The molecule has 0 unspecified atom stereocenters. The van der Waals surface area contributed by atoms with Crippen molar-refractivity contribution in [3.8, 4) is 5.88 Å². The molecule has 3 aromatic heterocycles. The lowest BCUT2D eigenvalue weighted by atomic mass is 10.0. The molecular weight excluding hydrogens is 462 g/mol. The first-order valence-corrected chi connectivity index (χ1v) is 10.6. The standard InChI is InChI=1S/C20H23F4N7O3/c1-10(2)26-19(32)34-14-4-3-11(17(14)21)12-7-15(29-28-12)27-18-13-8-16(33-9-20(22,23)24)30-31(13)6-5-25-18/h5-8,10-11,14,17H,3-4,9H2,1-2H3,(H,26,32)(H2,25,27,28,29)/t11-,14-,17+/m0/s1. The van der Waals surface area contributed by atoms with E-state index in [1.54, 1.807) is 19.9 Å². The second kappa shape index (κ2) is 9.35. The molecule has 10 nitrogen and oxygen atoms in total. The van der Waals surface area contributed by atoms with Crippen molar-refractivity contribution in [2.24, 2.45) is 0 Å². The molecule has 0 aromatic carbocycles. The van der Waals surface area contributed by atoms with Crippen molar-refractivity contribution in [3.63, 3.8) is 0 Å². The number of aromatic nitrogens is 5. The summed E-state index contributed by atoms with van der Waals surface area (Å²) in [6, 6.07) is 2.80. The third-order valence-electron chi connectivity index (χ3n) is 5.16. The van der Waals surface area contributed by atoms with Crippen LogP contribution in [0.15, 0.2) is 24.5 Å². The van der Waals surface area contributed by atoms with Gasteiger partial charge in [0.25, 0.3) is 0 Å². The number of alkyl halides is 4. The third kappa shape index (κ3) is 5.48. The molecule has 4 rings (SSSR count). The van der Waals surface area contributed by atoms with E-state index in [0.717, 1.165) is 0 Å². The number of carbonyl (C=O) groups is 1. The van der Waals surface area contributed by atoms with Crippen LogP contribution in [0.1, 0.15) is 38.3 Å². The first kappa shape index (κ1) is 23.6. The fourth-order valence-corrected chi connectivity index (χ4v) is 3.71. The fraction of sp³-hybridized carbons (Fsp3) is 0.500. The number of hydrogen-bond acceptors (Lipinski definition) is 7. The summed E-state index contributed by atoms with van der Waals surface area (Å²) in [6.45, 7) is 2.09. The Hall–Kier alpha value is -3.58. The van der Waals surface area contributed by atoms with E-state index >= 15 is 0 Å². The van der Waals surface area contributed by atoms with Crippen LogP contribution in [-0.2, 0) is 4.74 Å². The van der Waals surface area contributed by atoms with Crippen molar-refractivity contribution >= 4 is 23.2 Å². The minimum absolute atomic E-state index is 0.120. The van der Waals surface area contributed by atoms with Gasteiger partial charge in [0.15, 0.2) is 18.2 Å². The number of carbonyl (C=O) groups excluding carboxylic acids is 1. The lowest BCUT2D eigenvalue weighted by Gasteiger charge is -2.18. The van der Waals surface area contributed by atoms with E-state index in [4.69, 9.17) is 4.74 Å². The van der Waals surface area contributed by atoms with Gasteiger partial charge in [-0.1, -0.05) is 0 Å². The van der Waals surface area contributed by atoms with Crippen molar-refractivity contribution < 1.29 is 31.8 Å². The molecule has 3 heterocycles. The maximum absolute atomic E-state index is 14.9. The largest absolute Gasteiger partial charge is 0.467 e. The Morgan fingerprint density at radius 3 is 2.85 bits per heavy atom. The highest BCUT2D eigenvalue weighted by atomic mass is 19.4. The van der Waals surface area contributed by atoms with E-state index in [-0.39, 0.29) is 17.7 Å². The number of hydrogen-bond donors (Lipinski definition) is 3. The van der Waals surface area contributed by atoms with Crippen LogP contribution in [-0.4, -0.2) is 62.0 Å². The molecule has 0 radical (unpaired) electrons. The van der Waals surface area contributed by atoms with E-state index in [9.17, 15) is 22.4 Å². The number of H-pyrrole nitrogens is 1. The van der Waals surface area contributed by atoms with E-state index in [1.807, 2.05) is 0 Å². The van der Waals surface area contributed by atoms with Crippen molar-refractivity contribution in [1.82, 2.24) is 30.1 Å². The summed E-state index contributed by atoms with van der Waals surface area (Å²) in [4.78, 5) is 16.0. The van der Waals surface area contributed by atoms with Gasteiger partial charge in [-0.15, -0.1) is 5.10 Å². The number of alkyl carbamates (subject to hydrolysis) is 1. The Kier molecular flexibility index (Phi) is 6.48. The number of nitrogens with zero attached hydrogens (tertiary/aromatic N) is 4. The van der Waals surface area contributed by atoms with Crippen molar-refractivity contribution in [1.29, 1.82) is 0 Å². The zero-order valence-electron chi connectivity index (χ0n) is 18.3. The van der Waals surface area contributed by atoms with Gasteiger partial charge in [0.2, 0.25) is 5.88 Å². The van der Waals surface area contributed by atoms with Crippen LogP contribution in [0, 0.1) is 0 Å². The summed E-state index contributed by atoms with van der Waals surface area (Å²) < 4.78 is 63.4. The summed E-state index contributed by atoms with van der Waals surface area (Å²) in [7, 11) is 0. The third-order valence-corrected chi connectivity index (χ3v) is 5.16. The van der Waals surface area contributed by atoms with E-state index in [0.29, 0.717) is 29.9 Å². The van der Waals surface area contributed by atoms with Crippen molar-refractivity contribution in [2.75, 3.05) is 11.9 Å². The zero-order valence-corrected chi connectivity index (χ0v) is 18.3. The molecule has 0 aliphatic heterocycles. The van der Waals surface area contributed by atoms with Crippen LogP contribution >= 0.6 is 0 Å². The van der Waals surface area contributed by atoms with E-state index < -0.39 is 37.1 Å². The van der Waals surface area contributed by atoms with Crippen molar-refractivity contribution in [2.45, 2.75) is 57.1 Å².